The molecule has 0 aliphatic carbocycles. The van der Waals surface area contributed by atoms with E-state index in [2.05, 4.69) is 16.1 Å². The molecule has 1 aromatic heterocycles. The third-order valence-corrected chi connectivity index (χ3v) is 4.59. The van der Waals surface area contributed by atoms with Crippen molar-refractivity contribution in [1.29, 1.82) is 0 Å². The maximum absolute atomic E-state index is 11.0. The third-order valence-electron chi connectivity index (χ3n) is 3.60. The highest BCUT2D eigenvalue weighted by Crippen LogP contribution is 2.24. The van der Waals surface area contributed by atoms with Crippen molar-refractivity contribution in [2.45, 2.75) is 31.3 Å². The Labute approximate surface area is 123 Å². The van der Waals surface area contributed by atoms with Crippen molar-refractivity contribution in [3.63, 3.8) is 0 Å². The number of thiophene rings is 1. The molecular formula is C15H20N2O2S. The second-order valence-electron chi connectivity index (χ2n) is 5.09. The molecule has 0 saturated carbocycles. The zero-order valence-corrected chi connectivity index (χ0v) is 12.2. The number of hydrogen-bond acceptors (Lipinski definition) is 4. The first-order chi connectivity index (χ1) is 9.69. The lowest BCUT2D eigenvalue weighted by atomic mass is 10.0. The predicted molar refractivity (Wildman–Crippen MR) is 80.7 cm³/mol. The van der Waals surface area contributed by atoms with Gasteiger partial charge >= 0.3 is 5.97 Å². The third kappa shape index (κ3) is 4.34. The van der Waals surface area contributed by atoms with E-state index in [1.165, 1.54) is 0 Å². The lowest BCUT2D eigenvalue weighted by Crippen LogP contribution is -2.44. The molecule has 108 valence electrons. The van der Waals surface area contributed by atoms with E-state index in [1.54, 1.807) is 11.3 Å². The highest BCUT2D eigenvalue weighted by Gasteiger charge is 2.24. The smallest absolute Gasteiger partial charge is 0.305 e. The number of piperidine rings is 1. The number of nitrogens with one attached hydrogen (secondary N) is 1. The lowest BCUT2D eigenvalue weighted by Gasteiger charge is -2.33. The van der Waals surface area contributed by atoms with Crippen LogP contribution < -0.4 is 5.32 Å². The Kier molecular flexibility index (Phi) is 5.60. The van der Waals surface area contributed by atoms with Crippen LogP contribution in [-0.2, 0) is 4.79 Å². The summed E-state index contributed by atoms with van der Waals surface area (Å²) in [6.07, 6.45) is 7.49. The molecule has 1 aliphatic rings. The molecule has 0 spiro atoms. The highest BCUT2D eigenvalue weighted by molar-refractivity contribution is 7.10. The minimum Gasteiger partial charge on any atom is -0.481 e. The van der Waals surface area contributed by atoms with E-state index in [4.69, 9.17) is 11.5 Å². The quantitative estimate of drug-likeness (QED) is 0.787. The topological polar surface area (TPSA) is 52.6 Å². The summed E-state index contributed by atoms with van der Waals surface area (Å²) >= 11 is 1.61. The van der Waals surface area contributed by atoms with Gasteiger partial charge in [0.15, 0.2) is 0 Å². The van der Waals surface area contributed by atoms with E-state index < -0.39 is 5.97 Å². The molecule has 1 fully saturated rings. The van der Waals surface area contributed by atoms with Gasteiger partial charge in [0.1, 0.15) is 0 Å². The Morgan fingerprint density at radius 1 is 1.60 bits per heavy atom. The van der Waals surface area contributed by atoms with Gasteiger partial charge in [0, 0.05) is 24.0 Å². The van der Waals surface area contributed by atoms with Crippen molar-refractivity contribution in [2.75, 3.05) is 19.6 Å². The molecule has 1 saturated heterocycles. The van der Waals surface area contributed by atoms with Crippen LogP contribution in [-0.4, -0.2) is 41.7 Å². The average molecular weight is 292 g/mol. The number of carbonyl (C=O) groups is 1. The average Bonchev–Trinajstić information content (AvgIpc) is 2.94. The monoisotopic (exact) mass is 292 g/mol. The summed E-state index contributed by atoms with van der Waals surface area (Å²) < 4.78 is 0. The van der Waals surface area contributed by atoms with Crippen LogP contribution in [0.1, 0.15) is 30.2 Å². The molecule has 4 nitrogen and oxygen atoms in total. The molecule has 20 heavy (non-hydrogen) atoms. The molecule has 2 rings (SSSR count). The first kappa shape index (κ1) is 15.0. The molecule has 1 atom stereocenters. The van der Waals surface area contributed by atoms with E-state index in [-0.39, 0.29) is 12.5 Å². The molecule has 0 bridgehead atoms. The molecule has 2 heterocycles. The van der Waals surface area contributed by atoms with Gasteiger partial charge in [-0.15, -0.1) is 17.8 Å². The molecule has 2 N–H and O–H groups in total. The van der Waals surface area contributed by atoms with E-state index in [0.29, 0.717) is 12.6 Å². The first-order valence-corrected chi connectivity index (χ1v) is 7.74. The molecule has 5 heteroatoms. The number of aliphatic carboxylic acids is 1. The summed E-state index contributed by atoms with van der Waals surface area (Å²) in [4.78, 5) is 14.4. The van der Waals surface area contributed by atoms with Crippen molar-refractivity contribution in [1.82, 2.24) is 10.2 Å². The fourth-order valence-electron chi connectivity index (χ4n) is 2.58. The highest BCUT2D eigenvalue weighted by atomic mass is 32.1. The standard InChI is InChI=1S/C15H20N2O2S/c1-2-7-17-8-5-12(6-9-17)16-13(11-15(18)19)14-4-3-10-20-14/h1,3-4,10,12-13,16H,5-9,11H2,(H,18,19). The molecule has 1 unspecified atom stereocenters. The Morgan fingerprint density at radius 3 is 2.90 bits per heavy atom. The number of rotatable bonds is 6. The molecule has 1 aliphatic heterocycles. The van der Waals surface area contributed by atoms with Crippen LogP contribution in [0.2, 0.25) is 0 Å². The van der Waals surface area contributed by atoms with E-state index in [1.807, 2.05) is 17.5 Å². The lowest BCUT2D eigenvalue weighted by molar-refractivity contribution is -0.137. The van der Waals surface area contributed by atoms with Gasteiger partial charge in [-0.25, -0.2) is 0 Å². The van der Waals surface area contributed by atoms with Crippen LogP contribution >= 0.6 is 11.3 Å². The zero-order chi connectivity index (χ0) is 14.4. The minimum absolute atomic E-state index is 0.0864. The molecule has 0 radical (unpaired) electrons. The van der Waals surface area contributed by atoms with Crippen molar-refractivity contribution < 1.29 is 9.90 Å². The van der Waals surface area contributed by atoms with Gasteiger partial charge in [-0.05, 0) is 24.3 Å². The number of likely N-dealkylation sites (tertiary alicyclic amines) is 1. The van der Waals surface area contributed by atoms with Gasteiger partial charge in [0.05, 0.1) is 19.0 Å². The normalized spacial score (nSPS) is 18.6. The SMILES string of the molecule is C#CCN1CCC(NC(CC(=O)O)c2cccs2)CC1. The van der Waals surface area contributed by atoms with E-state index in [9.17, 15) is 4.79 Å². The van der Waals surface area contributed by atoms with Crippen molar-refractivity contribution in [2.24, 2.45) is 0 Å². The van der Waals surface area contributed by atoms with Gasteiger partial charge in [0.2, 0.25) is 0 Å². The zero-order valence-electron chi connectivity index (χ0n) is 11.4. The maximum atomic E-state index is 11.0. The molecule has 1 aromatic rings. The Bertz CT molecular complexity index is 459. The number of terminal acetylenes is 1. The van der Waals surface area contributed by atoms with Gasteiger partial charge in [-0.1, -0.05) is 12.0 Å². The van der Waals surface area contributed by atoms with Crippen LogP contribution in [0.4, 0.5) is 0 Å². The Balaban J connectivity index is 1.89. The van der Waals surface area contributed by atoms with Crippen molar-refractivity contribution in [3.05, 3.63) is 22.4 Å². The van der Waals surface area contributed by atoms with Crippen LogP contribution in [0.3, 0.4) is 0 Å². The number of hydrogen-bond donors (Lipinski definition) is 2. The van der Waals surface area contributed by atoms with Crippen molar-refractivity contribution >= 4 is 17.3 Å². The molecular weight excluding hydrogens is 272 g/mol. The van der Waals surface area contributed by atoms with Gasteiger partial charge in [-0.3, -0.25) is 9.69 Å². The summed E-state index contributed by atoms with van der Waals surface area (Å²) in [5.74, 6) is 1.91. The van der Waals surface area contributed by atoms with Crippen LogP contribution in [0.25, 0.3) is 0 Å². The van der Waals surface area contributed by atoms with Gasteiger partial charge < -0.3 is 10.4 Å². The van der Waals surface area contributed by atoms with Crippen LogP contribution in [0.5, 0.6) is 0 Å². The molecule has 0 amide bonds. The van der Waals surface area contributed by atoms with Crippen molar-refractivity contribution in [3.8, 4) is 12.3 Å². The Morgan fingerprint density at radius 2 is 2.35 bits per heavy atom. The second-order valence-corrected chi connectivity index (χ2v) is 6.07. The first-order valence-electron chi connectivity index (χ1n) is 6.86. The van der Waals surface area contributed by atoms with E-state index >= 15 is 0 Å². The molecule has 0 aromatic carbocycles. The van der Waals surface area contributed by atoms with Gasteiger partial charge in [-0.2, -0.15) is 0 Å². The summed E-state index contributed by atoms with van der Waals surface area (Å²) in [5, 5.41) is 14.5. The maximum Gasteiger partial charge on any atom is 0.305 e. The number of carboxylic acids is 1. The largest absolute Gasteiger partial charge is 0.481 e. The fourth-order valence-corrected chi connectivity index (χ4v) is 3.36. The summed E-state index contributed by atoms with van der Waals surface area (Å²) in [5.41, 5.74) is 0. The van der Waals surface area contributed by atoms with Crippen LogP contribution in [0.15, 0.2) is 17.5 Å². The van der Waals surface area contributed by atoms with Gasteiger partial charge in [0.25, 0.3) is 0 Å². The second kappa shape index (κ2) is 7.44. The Hall–Kier alpha value is -1.35. The van der Waals surface area contributed by atoms with E-state index in [0.717, 1.165) is 30.8 Å². The minimum atomic E-state index is -0.763. The van der Waals surface area contributed by atoms with Crippen LogP contribution in [0, 0.1) is 12.3 Å². The fraction of sp³-hybridized carbons (Fsp3) is 0.533. The predicted octanol–water partition coefficient (Wildman–Crippen LogP) is 1.95. The summed E-state index contributed by atoms with van der Waals surface area (Å²) in [7, 11) is 0. The number of nitrogens with zero attached hydrogens (tertiary/aromatic N) is 1. The summed E-state index contributed by atoms with van der Waals surface area (Å²) in [6.45, 7) is 2.66. The number of carboxylic acid groups (broad SMARTS) is 1. The summed E-state index contributed by atoms with van der Waals surface area (Å²) in [6, 6.07) is 4.25.